The highest BCUT2D eigenvalue weighted by Crippen LogP contribution is 2.32. The van der Waals surface area contributed by atoms with Gasteiger partial charge in [0.1, 0.15) is 10.0 Å². The molecule has 0 aliphatic rings. The van der Waals surface area contributed by atoms with Gasteiger partial charge in [-0.15, -0.1) is 0 Å². The van der Waals surface area contributed by atoms with E-state index in [1.54, 1.807) is 0 Å². The molecule has 0 atom stereocenters. The van der Waals surface area contributed by atoms with Gasteiger partial charge in [-0.2, -0.15) is 9.97 Å². The van der Waals surface area contributed by atoms with Crippen LogP contribution in [0.4, 0.5) is 17.2 Å². The number of ether oxygens (including phenoxy) is 2. The van der Waals surface area contributed by atoms with E-state index in [2.05, 4.69) is 53.6 Å². The Balaban J connectivity index is 0.000000360. The van der Waals surface area contributed by atoms with E-state index in [-0.39, 0.29) is 43.6 Å². The van der Waals surface area contributed by atoms with Crippen LogP contribution in [0, 0.1) is 32.1 Å². The standard InChI is InChI=1S/C11H14BrClN2O3.C11H16ClN3O3/c1-7(2)4-3-5-18-11-8(13)6-9(15(16)17)10(12)14-11;1-7(2)4-3-5-18-11-8(12)6-9(15(16)17)10(13)14-11/h6-7H,3-5H2,1-2H3;6-7H,3-5H2,1-2H3,(H2,13,14). The molecule has 14 heteroatoms. The van der Waals surface area contributed by atoms with Gasteiger partial charge in [-0.1, -0.05) is 50.9 Å². The Bertz CT molecular complexity index is 961. The molecule has 0 spiro atoms. The van der Waals surface area contributed by atoms with Crippen molar-refractivity contribution in [3.05, 3.63) is 47.0 Å². The predicted octanol–water partition coefficient (Wildman–Crippen LogP) is 7.26. The van der Waals surface area contributed by atoms with E-state index >= 15 is 0 Å². The first-order valence-electron chi connectivity index (χ1n) is 11.2. The van der Waals surface area contributed by atoms with Gasteiger partial charge in [0.25, 0.3) is 0 Å². The summed E-state index contributed by atoms with van der Waals surface area (Å²) >= 11 is 14.7. The molecule has 2 N–H and O–H groups in total. The minimum atomic E-state index is -0.628. The van der Waals surface area contributed by atoms with Crippen molar-refractivity contribution in [2.75, 3.05) is 18.9 Å². The SMILES string of the molecule is CC(C)CCCOc1nc(Br)c([N+](=O)[O-])cc1Cl.CC(C)CCCOc1nc(N)c([N+](=O)[O-])cc1Cl. The molecule has 0 unspecified atom stereocenters. The first-order chi connectivity index (χ1) is 16.8. The van der Waals surface area contributed by atoms with E-state index < -0.39 is 9.85 Å². The molecule has 200 valence electrons. The Morgan fingerprint density at radius 3 is 1.72 bits per heavy atom. The lowest BCUT2D eigenvalue weighted by Gasteiger charge is -2.08. The maximum absolute atomic E-state index is 10.7. The quantitative estimate of drug-likeness (QED) is 0.113. The average Bonchev–Trinajstić information content (AvgIpc) is 2.77. The molecule has 0 saturated heterocycles. The fourth-order valence-electron chi connectivity index (χ4n) is 2.71. The fourth-order valence-corrected chi connectivity index (χ4v) is 3.54. The van der Waals surface area contributed by atoms with Crippen molar-refractivity contribution in [1.82, 2.24) is 9.97 Å². The second kappa shape index (κ2) is 15.6. The second-order valence-corrected chi connectivity index (χ2v) is 10.1. The summed E-state index contributed by atoms with van der Waals surface area (Å²) in [6.07, 6.45) is 3.84. The van der Waals surface area contributed by atoms with Crippen LogP contribution in [-0.2, 0) is 0 Å². The van der Waals surface area contributed by atoms with E-state index in [1.165, 1.54) is 6.07 Å². The van der Waals surface area contributed by atoms with E-state index in [4.69, 9.17) is 38.4 Å². The van der Waals surface area contributed by atoms with Crippen molar-refractivity contribution in [1.29, 1.82) is 0 Å². The zero-order chi connectivity index (χ0) is 27.4. The molecule has 2 rings (SSSR count). The smallest absolute Gasteiger partial charge is 0.312 e. The molecule has 0 aliphatic heterocycles. The van der Waals surface area contributed by atoms with Crippen molar-refractivity contribution < 1.29 is 19.3 Å². The Morgan fingerprint density at radius 1 is 0.889 bits per heavy atom. The summed E-state index contributed by atoms with van der Waals surface area (Å²) in [6, 6.07) is 2.39. The van der Waals surface area contributed by atoms with Crippen molar-refractivity contribution in [3.8, 4) is 11.8 Å². The number of hydrogen-bond donors (Lipinski definition) is 1. The molecule has 0 saturated carbocycles. The second-order valence-electron chi connectivity index (χ2n) is 8.55. The molecule has 2 aromatic rings. The molecule has 36 heavy (non-hydrogen) atoms. The molecule has 2 heterocycles. The Morgan fingerprint density at radius 2 is 1.31 bits per heavy atom. The lowest BCUT2D eigenvalue weighted by atomic mass is 10.1. The fraction of sp³-hybridized carbons (Fsp3) is 0.545. The molecule has 0 bridgehead atoms. The molecule has 2 aromatic heterocycles. The number of nitrogens with two attached hydrogens (primary N) is 1. The van der Waals surface area contributed by atoms with E-state index in [1.807, 2.05) is 0 Å². The third kappa shape index (κ3) is 11.1. The largest absolute Gasteiger partial charge is 0.477 e. The van der Waals surface area contributed by atoms with Crippen LogP contribution in [-0.4, -0.2) is 33.0 Å². The van der Waals surface area contributed by atoms with Crippen LogP contribution in [0.3, 0.4) is 0 Å². The molecule has 0 fully saturated rings. The number of halogens is 3. The van der Waals surface area contributed by atoms with Gasteiger partial charge in [0.05, 0.1) is 23.1 Å². The molecule has 0 radical (unpaired) electrons. The number of nitrogens with zero attached hydrogens (tertiary/aromatic N) is 4. The van der Waals surface area contributed by atoms with Gasteiger partial charge in [-0.3, -0.25) is 20.2 Å². The lowest BCUT2D eigenvalue weighted by molar-refractivity contribution is -0.386. The highest BCUT2D eigenvalue weighted by Gasteiger charge is 2.19. The van der Waals surface area contributed by atoms with Gasteiger partial charge in [0.15, 0.2) is 4.60 Å². The predicted molar refractivity (Wildman–Crippen MR) is 143 cm³/mol. The van der Waals surface area contributed by atoms with Crippen molar-refractivity contribution in [3.63, 3.8) is 0 Å². The minimum Gasteiger partial charge on any atom is -0.477 e. The van der Waals surface area contributed by atoms with Gasteiger partial charge in [0.2, 0.25) is 17.6 Å². The van der Waals surface area contributed by atoms with Crippen molar-refractivity contribution >= 4 is 56.3 Å². The number of hydrogen-bond acceptors (Lipinski definition) is 9. The topological polar surface area (TPSA) is 157 Å². The maximum Gasteiger partial charge on any atom is 0.312 e. The van der Waals surface area contributed by atoms with Crippen LogP contribution in [0.2, 0.25) is 10.0 Å². The number of nitro groups is 2. The monoisotopic (exact) mass is 609 g/mol. The molecular weight excluding hydrogens is 581 g/mol. The van der Waals surface area contributed by atoms with E-state index in [9.17, 15) is 20.2 Å². The minimum absolute atomic E-state index is 0.0976. The zero-order valence-corrected chi connectivity index (χ0v) is 23.6. The Labute approximate surface area is 228 Å². The number of aromatic nitrogens is 2. The number of rotatable bonds is 12. The summed E-state index contributed by atoms with van der Waals surface area (Å²) in [7, 11) is 0. The molecule has 11 nitrogen and oxygen atoms in total. The zero-order valence-electron chi connectivity index (χ0n) is 20.5. The first kappa shape index (κ1) is 31.6. The number of anilines is 1. The Kier molecular flexibility index (Phi) is 13.7. The van der Waals surface area contributed by atoms with Gasteiger partial charge < -0.3 is 15.2 Å². The summed E-state index contributed by atoms with van der Waals surface area (Å²) in [5.41, 5.74) is 4.97. The van der Waals surface area contributed by atoms with Crippen molar-refractivity contribution in [2.45, 2.75) is 53.4 Å². The molecule has 0 aromatic carbocycles. The lowest BCUT2D eigenvalue weighted by Crippen LogP contribution is -2.05. The maximum atomic E-state index is 10.7. The first-order valence-corrected chi connectivity index (χ1v) is 12.7. The van der Waals surface area contributed by atoms with Crippen molar-refractivity contribution in [2.24, 2.45) is 11.8 Å². The van der Waals surface area contributed by atoms with E-state index in [0.29, 0.717) is 25.0 Å². The molecule has 0 aliphatic carbocycles. The van der Waals surface area contributed by atoms with Crippen LogP contribution in [0.5, 0.6) is 11.8 Å². The molecule has 0 amide bonds. The van der Waals surface area contributed by atoms with Crippen LogP contribution >= 0.6 is 39.1 Å². The van der Waals surface area contributed by atoms with Crippen LogP contribution in [0.15, 0.2) is 16.7 Å². The molecular formula is C22H30BrCl2N5O6. The summed E-state index contributed by atoms with van der Waals surface area (Å²) in [6.45, 7) is 9.46. The number of nitrogen functional groups attached to an aromatic ring is 1. The van der Waals surface area contributed by atoms with Gasteiger partial charge >= 0.3 is 11.4 Å². The van der Waals surface area contributed by atoms with E-state index in [0.717, 1.165) is 31.7 Å². The van der Waals surface area contributed by atoms with Crippen LogP contribution < -0.4 is 15.2 Å². The Hall–Kier alpha value is -2.44. The summed E-state index contributed by atoms with van der Waals surface area (Å²) in [5.74, 6) is 1.38. The van der Waals surface area contributed by atoms with Gasteiger partial charge in [-0.05, 0) is 53.4 Å². The normalized spacial score (nSPS) is 10.7. The summed E-state index contributed by atoms with van der Waals surface area (Å²) in [4.78, 5) is 27.8. The third-order valence-electron chi connectivity index (χ3n) is 4.55. The number of pyridine rings is 2. The van der Waals surface area contributed by atoms with Gasteiger partial charge in [-0.25, -0.2) is 0 Å². The van der Waals surface area contributed by atoms with Crippen LogP contribution in [0.25, 0.3) is 0 Å². The summed E-state index contributed by atoms with van der Waals surface area (Å²) < 4.78 is 10.9. The third-order valence-corrected chi connectivity index (χ3v) is 5.68. The van der Waals surface area contributed by atoms with Crippen LogP contribution in [0.1, 0.15) is 53.4 Å². The average molecular weight is 611 g/mol. The summed E-state index contributed by atoms with van der Waals surface area (Å²) in [5, 5.41) is 21.5. The highest BCUT2D eigenvalue weighted by molar-refractivity contribution is 9.10. The van der Waals surface area contributed by atoms with Gasteiger partial charge in [0, 0.05) is 12.1 Å². The highest BCUT2D eigenvalue weighted by atomic mass is 79.9.